The number of sulfonamides is 1. The molecule has 1 heterocycles. The van der Waals surface area contributed by atoms with Gasteiger partial charge in [-0.3, -0.25) is 9.52 Å². The van der Waals surface area contributed by atoms with Crippen molar-refractivity contribution >= 4 is 56.6 Å². The topological polar surface area (TPSA) is 66.5 Å². The number of likely N-dealkylation sites (tertiary alicyclic amines) is 1. The third kappa shape index (κ3) is 4.76. The molecule has 2 aromatic rings. The van der Waals surface area contributed by atoms with Crippen molar-refractivity contribution in [3.8, 4) is 0 Å². The number of piperidine rings is 1. The molecular formula is C19H20Cl2N2O3S2. The molecule has 1 N–H and O–H groups in total. The number of amides is 1. The molecule has 3 rings (SSSR count). The molecule has 150 valence electrons. The highest BCUT2D eigenvalue weighted by molar-refractivity contribution is 7.98. The highest BCUT2D eigenvalue weighted by Gasteiger charge is 2.24. The van der Waals surface area contributed by atoms with Gasteiger partial charge in [-0.1, -0.05) is 23.2 Å². The summed E-state index contributed by atoms with van der Waals surface area (Å²) in [7, 11) is -3.94. The minimum absolute atomic E-state index is 0.00158. The van der Waals surface area contributed by atoms with E-state index in [1.807, 2.05) is 6.26 Å². The van der Waals surface area contributed by atoms with E-state index in [9.17, 15) is 13.2 Å². The first kappa shape index (κ1) is 21.3. The van der Waals surface area contributed by atoms with Gasteiger partial charge in [0.15, 0.2) is 0 Å². The normalized spacial score (nSPS) is 14.8. The second-order valence-electron chi connectivity index (χ2n) is 6.44. The van der Waals surface area contributed by atoms with Crippen molar-refractivity contribution in [3.05, 3.63) is 52.0 Å². The second-order valence-corrected chi connectivity index (χ2v) is 9.82. The highest BCUT2D eigenvalue weighted by Crippen LogP contribution is 2.30. The predicted octanol–water partition coefficient (Wildman–Crippen LogP) is 5.14. The zero-order valence-electron chi connectivity index (χ0n) is 15.2. The smallest absolute Gasteiger partial charge is 0.261 e. The van der Waals surface area contributed by atoms with E-state index < -0.39 is 10.0 Å². The Morgan fingerprint density at radius 3 is 2.46 bits per heavy atom. The van der Waals surface area contributed by atoms with Crippen LogP contribution in [-0.2, 0) is 10.0 Å². The molecule has 1 fully saturated rings. The maximum Gasteiger partial charge on any atom is 0.261 e. The van der Waals surface area contributed by atoms with E-state index in [-0.39, 0.29) is 21.5 Å². The Balaban J connectivity index is 1.95. The standard InChI is InChI=1S/C19H20Cl2N2O3S2/c1-27-18-8-6-14(12-15(18)19(24)23-9-3-2-4-10-23)28(25,26)22-17-11-13(20)5-7-16(17)21/h5-8,11-12,22H,2-4,9-10H2,1H3. The summed E-state index contributed by atoms with van der Waals surface area (Å²) in [4.78, 5) is 15.5. The molecule has 0 aromatic heterocycles. The molecular weight excluding hydrogens is 439 g/mol. The molecule has 5 nitrogen and oxygen atoms in total. The number of rotatable bonds is 5. The average Bonchev–Trinajstić information content (AvgIpc) is 2.70. The minimum atomic E-state index is -3.94. The molecule has 0 bridgehead atoms. The van der Waals surface area contributed by atoms with Crippen molar-refractivity contribution in [1.82, 2.24) is 4.90 Å². The number of hydrogen-bond acceptors (Lipinski definition) is 4. The summed E-state index contributed by atoms with van der Waals surface area (Å²) in [5.74, 6) is -0.137. The fourth-order valence-corrected chi connectivity index (χ4v) is 5.13. The highest BCUT2D eigenvalue weighted by atomic mass is 35.5. The molecule has 0 spiro atoms. The summed E-state index contributed by atoms with van der Waals surface area (Å²) in [5, 5.41) is 0.596. The number of carbonyl (C=O) groups excluding carboxylic acids is 1. The zero-order chi connectivity index (χ0) is 20.3. The third-order valence-electron chi connectivity index (χ3n) is 4.53. The number of benzene rings is 2. The molecule has 0 radical (unpaired) electrons. The van der Waals surface area contributed by atoms with Gasteiger partial charge in [0.25, 0.3) is 15.9 Å². The Morgan fingerprint density at radius 1 is 1.07 bits per heavy atom. The first-order chi connectivity index (χ1) is 13.3. The monoisotopic (exact) mass is 458 g/mol. The molecule has 1 aliphatic heterocycles. The van der Waals surface area contributed by atoms with Gasteiger partial charge in [-0.05, 0) is 61.9 Å². The Bertz CT molecular complexity index is 991. The fraction of sp³-hybridized carbons (Fsp3) is 0.316. The molecule has 9 heteroatoms. The SMILES string of the molecule is CSc1ccc(S(=O)(=O)Nc2cc(Cl)ccc2Cl)cc1C(=O)N1CCCCC1. The Kier molecular flexibility index (Phi) is 6.81. The van der Waals surface area contributed by atoms with E-state index in [4.69, 9.17) is 23.2 Å². The van der Waals surface area contributed by atoms with E-state index in [2.05, 4.69) is 4.72 Å². The lowest BCUT2D eigenvalue weighted by Gasteiger charge is -2.27. The first-order valence-corrected chi connectivity index (χ1v) is 12.2. The molecule has 0 atom stereocenters. The summed E-state index contributed by atoms with van der Waals surface area (Å²) in [6, 6.07) is 9.12. The number of halogens is 2. The number of hydrogen-bond donors (Lipinski definition) is 1. The second kappa shape index (κ2) is 8.95. The predicted molar refractivity (Wildman–Crippen MR) is 115 cm³/mol. The van der Waals surface area contributed by atoms with E-state index >= 15 is 0 Å². The first-order valence-electron chi connectivity index (χ1n) is 8.77. The molecule has 2 aromatic carbocycles. The van der Waals surface area contributed by atoms with E-state index in [1.54, 1.807) is 17.0 Å². The van der Waals surface area contributed by atoms with E-state index in [0.717, 1.165) is 24.2 Å². The third-order valence-corrected chi connectivity index (χ3v) is 7.25. The number of thioether (sulfide) groups is 1. The van der Waals surface area contributed by atoms with Crippen molar-refractivity contribution in [2.24, 2.45) is 0 Å². The van der Waals surface area contributed by atoms with Gasteiger partial charge in [0.1, 0.15) is 0 Å². The Labute approximate surface area is 179 Å². The van der Waals surface area contributed by atoms with Gasteiger partial charge in [0.2, 0.25) is 0 Å². The van der Waals surface area contributed by atoms with E-state index in [0.29, 0.717) is 23.7 Å². The van der Waals surface area contributed by atoms with Crippen molar-refractivity contribution in [3.63, 3.8) is 0 Å². The van der Waals surface area contributed by atoms with Crippen molar-refractivity contribution in [1.29, 1.82) is 0 Å². The van der Waals surface area contributed by atoms with Crippen molar-refractivity contribution in [2.75, 3.05) is 24.1 Å². The van der Waals surface area contributed by atoms with Crippen LogP contribution in [0.1, 0.15) is 29.6 Å². The lowest BCUT2D eigenvalue weighted by atomic mass is 10.1. The summed E-state index contributed by atoms with van der Waals surface area (Å²) >= 11 is 13.4. The van der Waals surface area contributed by atoms with Crippen molar-refractivity contribution < 1.29 is 13.2 Å². The van der Waals surface area contributed by atoms with Crippen LogP contribution >= 0.6 is 35.0 Å². The fourth-order valence-electron chi connectivity index (χ4n) is 3.07. The van der Waals surface area contributed by atoms with Crippen LogP contribution in [0.2, 0.25) is 10.0 Å². The molecule has 28 heavy (non-hydrogen) atoms. The van der Waals surface area contributed by atoms with Gasteiger partial charge in [0.05, 0.1) is 21.2 Å². The number of nitrogens with zero attached hydrogens (tertiary/aromatic N) is 1. The maximum absolute atomic E-state index is 13.0. The molecule has 0 unspecified atom stereocenters. The number of anilines is 1. The van der Waals surface area contributed by atoms with Crippen LogP contribution in [0, 0.1) is 0 Å². The quantitative estimate of drug-likeness (QED) is 0.629. The van der Waals surface area contributed by atoms with Crippen LogP contribution in [0.25, 0.3) is 0 Å². The van der Waals surface area contributed by atoms with Crippen LogP contribution in [0.5, 0.6) is 0 Å². The van der Waals surface area contributed by atoms with Gasteiger partial charge in [-0.15, -0.1) is 11.8 Å². The minimum Gasteiger partial charge on any atom is -0.339 e. The van der Waals surface area contributed by atoms with E-state index in [1.165, 1.54) is 36.0 Å². The van der Waals surface area contributed by atoms with Crippen LogP contribution in [0.3, 0.4) is 0 Å². The van der Waals surface area contributed by atoms with Crippen LogP contribution < -0.4 is 4.72 Å². The van der Waals surface area contributed by atoms with Crippen LogP contribution in [-0.4, -0.2) is 38.6 Å². The van der Waals surface area contributed by atoms with Gasteiger partial charge in [-0.25, -0.2) is 8.42 Å². The van der Waals surface area contributed by atoms with Gasteiger partial charge in [-0.2, -0.15) is 0 Å². The maximum atomic E-state index is 13.0. The largest absolute Gasteiger partial charge is 0.339 e. The van der Waals surface area contributed by atoms with Crippen LogP contribution in [0.4, 0.5) is 5.69 Å². The molecule has 0 aliphatic carbocycles. The zero-order valence-corrected chi connectivity index (χ0v) is 18.4. The molecule has 1 aliphatic rings. The summed E-state index contributed by atoms with van der Waals surface area (Å²) < 4.78 is 28.2. The Hall–Kier alpha value is -1.41. The molecule has 1 saturated heterocycles. The van der Waals surface area contributed by atoms with Gasteiger partial charge >= 0.3 is 0 Å². The lowest BCUT2D eigenvalue weighted by Crippen LogP contribution is -2.36. The number of nitrogens with one attached hydrogen (secondary N) is 1. The average molecular weight is 459 g/mol. The molecule has 0 saturated carbocycles. The molecule has 1 amide bonds. The summed E-state index contributed by atoms with van der Waals surface area (Å²) in [5.41, 5.74) is 0.585. The van der Waals surface area contributed by atoms with Gasteiger partial charge in [0, 0.05) is 23.0 Å². The lowest BCUT2D eigenvalue weighted by molar-refractivity contribution is 0.0720. The summed E-state index contributed by atoms with van der Waals surface area (Å²) in [6.45, 7) is 1.39. The van der Waals surface area contributed by atoms with Crippen LogP contribution in [0.15, 0.2) is 46.2 Å². The van der Waals surface area contributed by atoms with Gasteiger partial charge < -0.3 is 4.90 Å². The Morgan fingerprint density at radius 2 is 1.79 bits per heavy atom. The summed E-state index contributed by atoms with van der Waals surface area (Å²) in [6.07, 6.45) is 4.90. The number of carbonyl (C=O) groups is 1. The van der Waals surface area contributed by atoms with Crippen molar-refractivity contribution in [2.45, 2.75) is 29.1 Å².